The lowest BCUT2D eigenvalue weighted by atomic mass is 10.0. The summed E-state index contributed by atoms with van der Waals surface area (Å²) in [6, 6.07) is 0.0369. The molecular weight excluding hydrogens is 254 g/mol. The molecule has 1 saturated heterocycles. The van der Waals surface area contributed by atoms with E-state index in [1.54, 1.807) is 6.33 Å². The van der Waals surface area contributed by atoms with Gasteiger partial charge in [0.2, 0.25) is 5.91 Å². The van der Waals surface area contributed by atoms with Crippen molar-refractivity contribution in [3.8, 4) is 0 Å². The van der Waals surface area contributed by atoms with Gasteiger partial charge in [-0.05, 0) is 32.9 Å². The molecule has 20 heavy (non-hydrogen) atoms. The second-order valence-corrected chi connectivity index (χ2v) is 5.88. The number of nitrogens with zero attached hydrogens (tertiary/aromatic N) is 2. The number of rotatable bonds is 4. The number of hydrogen-bond acceptors (Lipinski definition) is 4. The third-order valence-electron chi connectivity index (χ3n) is 4.17. The zero-order valence-corrected chi connectivity index (χ0v) is 12.0. The molecule has 0 aliphatic carbocycles. The smallest absolute Gasteiger partial charge is 0.237 e. The number of amides is 1. The predicted molar refractivity (Wildman–Crippen MR) is 76.2 cm³/mol. The van der Waals surface area contributed by atoms with Crippen LogP contribution in [0.5, 0.6) is 0 Å². The normalized spacial score (nSPS) is 24.4. The zero-order valence-electron chi connectivity index (χ0n) is 12.0. The van der Waals surface area contributed by atoms with E-state index < -0.39 is 0 Å². The minimum absolute atomic E-state index is 0.0883. The van der Waals surface area contributed by atoms with E-state index in [9.17, 15) is 4.79 Å². The van der Waals surface area contributed by atoms with Gasteiger partial charge in [-0.3, -0.25) is 10.1 Å². The van der Waals surface area contributed by atoms with Gasteiger partial charge in [0.1, 0.15) is 0 Å². The summed E-state index contributed by atoms with van der Waals surface area (Å²) in [4.78, 5) is 22.1. The van der Waals surface area contributed by atoms with E-state index in [2.05, 4.69) is 32.4 Å². The van der Waals surface area contributed by atoms with Crippen LogP contribution in [0.4, 0.5) is 0 Å². The Morgan fingerprint density at radius 3 is 3.15 bits per heavy atom. The monoisotopic (exact) mass is 277 g/mol. The zero-order chi connectivity index (χ0) is 13.9. The van der Waals surface area contributed by atoms with Crippen molar-refractivity contribution in [2.24, 2.45) is 0 Å². The number of carbonyl (C=O) groups is 1. The Hall–Kier alpha value is -1.40. The topological polar surface area (TPSA) is 73.0 Å². The summed E-state index contributed by atoms with van der Waals surface area (Å²) in [5.74, 6) is 0.0883. The molecule has 6 heteroatoms. The number of nitrogens with one attached hydrogen (secondary N) is 3. The molecule has 0 saturated carbocycles. The Morgan fingerprint density at radius 1 is 1.55 bits per heavy atom. The first kappa shape index (κ1) is 13.6. The van der Waals surface area contributed by atoms with Gasteiger partial charge in [-0.25, -0.2) is 4.98 Å². The highest BCUT2D eigenvalue weighted by Gasteiger charge is 2.26. The number of fused-ring (bicyclic) bond motifs is 1. The molecule has 1 aromatic rings. The number of aromatic amines is 1. The van der Waals surface area contributed by atoms with Gasteiger partial charge < -0.3 is 15.2 Å². The fourth-order valence-corrected chi connectivity index (χ4v) is 3.10. The lowest BCUT2D eigenvalue weighted by Crippen LogP contribution is -2.51. The van der Waals surface area contributed by atoms with E-state index >= 15 is 0 Å². The van der Waals surface area contributed by atoms with Crippen molar-refractivity contribution < 1.29 is 4.79 Å². The Balaban J connectivity index is 1.49. The van der Waals surface area contributed by atoms with Gasteiger partial charge in [-0.15, -0.1) is 0 Å². The highest BCUT2D eigenvalue weighted by Crippen LogP contribution is 2.12. The second kappa shape index (κ2) is 5.93. The third kappa shape index (κ3) is 3.02. The molecule has 0 bridgehead atoms. The van der Waals surface area contributed by atoms with Crippen LogP contribution in [0.15, 0.2) is 6.33 Å². The second-order valence-electron chi connectivity index (χ2n) is 5.88. The standard InChI is InChI=1S/C14H23N5O/c1-10(8-19-4-2-3-5-19)18-14(20)12-6-11-13(7-15-12)17-9-16-11/h9-10,12,15H,2-8H2,1H3,(H,16,17)(H,18,20). The molecule has 3 heterocycles. The van der Waals surface area contributed by atoms with E-state index in [-0.39, 0.29) is 18.0 Å². The van der Waals surface area contributed by atoms with Gasteiger partial charge in [-0.2, -0.15) is 0 Å². The number of carbonyl (C=O) groups excluding carboxylic acids is 1. The van der Waals surface area contributed by atoms with Gasteiger partial charge in [0, 0.05) is 25.6 Å². The maximum absolute atomic E-state index is 12.3. The van der Waals surface area contributed by atoms with E-state index in [1.807, 2.05) is 0 Å². The summed E-state index contributed by atoms with van der Waals surface area (Å²) in [5, 5.41) is 6.38. The fourth-order valence-electron chi connectivity index (χ4n) is 3.10. The molecule has 0 spiro atoms. The Bertz CT molecular complexity index is 466. The molecule has 2 aliphatic heterocycles. The minimum atomic E-state index is -0.160. The molecule has 6 nitrogen and oxygen atoms in total. The van der Waals surface area contributed by atoms with Crippen LogP contribution in [0.2, 0.25) is 0 Å². The lowest BCUT2D eigenvalue weighted by molar-refractivity contribution is -0.124. The first-order valence-electron chi connectivity index (χ1n) is 7.49. The summed E-state index contributed by atoms with van der Waals surface area (Å²) >= 11 is 0. The van der Waals surface area contributed by atoms with Gasteiger partial charge in [0.25, 0.3) is 0 Å². The summed E-state index contributed by atoms with van der Waals surface area (Å²) in [5.41, 5.74) is 2.11. The van der Waals surface area contributed by atoms with Gasteiger partial charge >= 0.3 is 0 Å². The molecule has 1 aromatic heterocycles. The van der Waals surface area contributed by atoms with E-state index in [4.69, 9.17) is 0 Å². The van der Waals surface area contributed by atoms with E-state index in [0.29, 0.717) is 13.0 Å². The van der Waals surface area contributed by atoms with Crippen molar-refractivity contribution in [3.05, 3.63) is 17.7 Å². The molecule has 0 radical (unpaired) electrons. The molecule has 3 N–H and O–H groups in total. The van der Waals surface area contributed by atoms with Crippen LogP contribution in [0, 0.1) is 0 Å². The molecule has 2 unspecified atom stereocenters. The van der Waals surface area contributed by atoms with Crippen LogP contribution in [0.25, 0.3) is 0 Å². The molecule has 1 fully saturated rings. The third-order valence-corrected chi connectivity index (χ3v) is 4.17. The van der Waals surface area contributed by atoms with Crippen LogP contribution >= 0.6 is 0 Å². The van der Waals surface area contributed by atoms with Crippen molar-refractivity contribution in [3.63, 3.8) is 0 Å². The van der Waals surface area contributed by atoms with Crippen molar-refractivity contribution in [2.45, 2.75) is 44.8 Å². The summed E-state index contributed by atoms with van der Waals surface area (Å²) in [6.45, 7) is 6.05. The first-order chi connectivity index (χ1) is 9.72. The lowest BCUT2D eigenvalue weighted by Gasteiger charge is -2.26. The van der Waals surface area contributed by atoms with E-state index in [1.165, 1.54) is 25.9 Å². The van der Waals surface area contributed by atoms with Crippen molar-refractivity contribution >= 4 is 5.91 Å². The van der Waals surface area contributed by atoms with Gasteiger partial charge in [0.15, 0.2) is 0 Å². The van der Waals surface area contributed by atoms with Crippen molar-refractivity contribution in [1.82, 2.24) is 25.5 Å². The van der Waals surface area contributed by atoms with Gasteiger partial charge in [-0.1, -0.05) is 0 Å². The Kier molecular flexibility index (Phi) is 4.03. The molecule has 110 valence electrons. The summed E-state index contributed by atoms with van der Waals surface area (Å²) in [7, 11) is 0. The van der Waals surface area contributed by atoms with Crippen LogP contribution < -0.4 is 10.6 Å². The summed E-state index contributed by atoms with van der Waals surface area (Å²) < 4.78 is 0. The number of H-pyrrole nitrogens is 1. The number of hydrogen-bond donors (Lipinski definition) is 3. The molecule has 1 amide bonds. The summed E-state index contributed by atoms with van der Waals surface area (Å²) in [6.07, 6.45) is 4.93. The highest BCUT2D eigenvalue weighted by molar-refractivity contribution is 5.82. The van der Waals surface area contributed by atoms with Crippen LogP contribution in [0.1, 0.15) is 31.2 Å². The van der Waals surface area contributed by atoms with Crippen LogP contribution in [-0.2, 0) is 17.8 Å². The number of aromatic nitrogens is 2. The average molecular weight is 277 g/mol. The fraction of sp³-hybridized carbons (Fsp3) is 0.714. The number of likely N-dealkylation sites (tertiary alicyclic amines) is 1. The molecule has 2 aliphatic rings. The quantitative estimate of drug-likeness (QED) is 0.726. The van der Waals surface area contributed by atoms with Crippen molar-refractivity contribution in [1.29, 1.82) is 0 Å². The molecule has 3 rings (SSSR count). The van der Waals surface area contributed by atoms with Crippen molar-refractivity contribution in [2.75, 3.05) is 19.6 Å². The predicted octanol–water partition coefficient (Wildman–Crippen LogP) is 0.0245. The Morgan fingerprint density at radius 2 is 2.35 bits per heavy atom. The number of imidazole rings is 1. The maximum atomic E-state index is 12.3. The maximum Gasteiger partial charge on any atom is 0.237 e. The molecular formula is C14H23N5O. The molecule has 2 atom stereocenters. The average Bonchev–Trinajstić information content (AvgIpc) is 3.07. The first-order valence-corrected chi connectivity index (χ1v) is 7.49. The highest BCUT2D eigenvalue weighted by atomic mass is 16.2. The van der Waals surface area contributed by atoms with Crippen LogP contribution in [-0.4, -0.2) is 52.5 Å². The molecule has 0 aromatic carbocycles. The minimum Gasteiger partial charge on any atom is -0.351 e. The largest absolute Gasteiger partial charge is 0.351 e. The van der Waals surface area contributed by atoms with Gasteiger partial charge in [0.05, 0.1) is 23.8 Å². The van der Waals surface area contributed by atoms with E-state index in [0.717, 1.165) is 17.9 Å². The Labute approximate surface area is 119 Å². The SMILES string of the molecule is CC(CN1CCCC1)NC(=O)C1Cc2nc[nH]c2CN1. The van der Waals surface area contributed by atoms with Crippen LogP contribution in [0.3, 0.4) is 0 Å².